The van der Waals surface area contributed by atoms with Crippen molar-refractivity contribution in [3.8, 4) is 11.5 Å². The molecule has 1 aromatic carbocycles. The Hall–Kier alpha value is -1.30. The van der Waals surface area contributed by atoms with Crippen LogP contribution in [0.3, 0.4) is 0 Å². The molecular weight excluding hydrogens is 268 g/mol. The highest BCUT2D eigenvalue weighted by molar-refractivity contribution is 5.44. The molecule has 116 valence electrons. The van der Waals surface area contributed by atoms with Gasteiger partial charge in [0, 0.05) is 38.7 Å². The van der Waals surface area contributed by atoms with Gasteiger partial charge in [-0.15, -0.1) is 0 Å². The summed E-state index contributed by atoms with van der Waals surface area (Å²) in [6.07, 6.45) is 2.00. The van der Waals surface area contributed by atoms with Crippen molar-refractivity contribution in [1.82, 2.24) is 4.90 Å². The molecule has 0 amide bonds. The molecular formula is C16H24N2O3. The zero-order valence-corrected chi connectivity index (χ0v) is 12.4. The Morgan fingerprint density at radius 2 is 1.86 bits per heavy atom. The first-order valence-corrected chi connectivity index (χ1v) is 7.78. The number of benzene rings is 1. The molecule has 1 aromatic rings. The number of rotatable bonds is 3. The van der Waals surface area contributed by atoms with Gasteiger partial charge in [0.2, 0.25) is 0 Å². The van der Waals surface area contributed by atoms with Gasteiger partial charge in [-0.1, -0.05) is 6.07 Å². The molecule has 21 heavy (non-hydrogen) atoms. The molecule has 0 spiro atoms. The molecule has 0 aromatic heterocycles. The molecule has 2 aliphatic heterocycles. The van der Waals surface area contributed by atoms with Crippen molar-refractivity contribution in [3.63, 3.8) is 0 Å². The third-order valence-corrected chi connectivity index (χ3v) is 3.97. The second kappa shape index (κ2) is 7.11. The van der Waals surface area contributed by atoms with Crippen LogP contribution in [0.25, 0.3) is 0 Å². The van der Waals surface area contributed by atoms with E-state index in [0.29, 0.717) is 13.2 Å². The lowest BCUT2D eigenvalue weighted by atomic mass is 10.1. The maximum Gasteiger partial charge on any atom is 0.161 e. The van der Waals surface area contributed by atoms with Gasteiger partial charge in [-0.3, -0.25) is 4.90 Å². The van der Waals surface area contributed by atoms with Gasteiger partial charge in [0.1, 0.15) is 0 Å². The Morgan fingerprint density at radius 3 is 2.76 bits per heavy atom. The van der Waals surface area contributed by atoms with Crippen LogP contribution in [0, 0.1) is 0 Å². The summed E-state index contributed by atoms with van der Waals surface area (Å²) in [7, 11) is 0. The minimum absolute atomic E-state index is 0.0137. The van der Waals surface area contributed by atoms with E-state index in [2.05, 4.69) is 4.90 Å². The lowest BCUT2D eigenvalue weighted by molar-refractivity contribution is 0.140. The molecule has 1 unspecified atom stereocenters. The first-order chi connectivity index (χ1) is 10.3. The van der Waals surface area contributed by atoms with Crippen LogP contribution in [0.1, 0.15) is 24.4 Å². The maximum atomic E-state index is 6.37. The molecule has 2 heterocycles. The van der Waals surface area contributed by atoms with Crippen LogP contribution in [0.15, 0.2) is 18.2 Å². The van der Waals surface area contributed by atoms with Crippen molar-refractivity contribution in [1.29, 1.82) is 0 Å². The zero-order valence-electron chi connectivity index (χ0n) is 12.4. The van der Waals surface area contributed by atoms with E-state index < -0.39 is 0 Å². The van der Waals surface area contributed by atoms with Crippen LogP contribution < -0.4 is 15.2 Å². The van der Waals surface area contributed by atoms with Crippen LogP contribution in [-0.2, 0) is 4.74 Å². The average Bonchev–Trinajstić information content (AvgIpc) is 2.88. The topological polar surface area (TPSA) is 57.0 Å². The maximum absolute atomic E-state index is 6.37. The number of hydrogen-bond acceptors (Lipinski definition) is 5. The van der Waals surface area contributed by atoms with Gasteiger partial charge in [-0.25, -0.2) is 0 Å². The summed E-state index contributed by atoms with van der Waals surface area (Å²) in [6, 6.07) is 6.04. The molecule has 1 atom stereocenters. The number of nitrogens with two attached hydrogens (primary N) is 1. The summed E-state index contributed by atoms with van der Waals surface area (Å²) < 4.78 is 16.9. The van der Waals surface area contributed by atoms with Gasteiger partial charge in [0.25, 0.3) is 0 Å². The van der Waals surface area contributed by atoms with E-state index in [9.17, 15) is 0 Å². The molecule has 2 N–H and O–H groups in total. The zero-order chi connectivity index (χ0) is 14.5. The number of fused-ring (bicyclic) bond motifs is 1. The molecule has 0 bridgehead atoms. The number of hydrogen-bond donors (Lipinski definition) is 1. The summed E-state index contributed by atoms with van der Waals surface area (Å²) >= 11 is 0. The fourth-order valence-corrected chi connectivity index (χ4v) is 2.77. The standard InChI is InChI=1S/C16H24N2O3/c17-14(12-18-5-1-7-19-10-6-18)13-3-4-15-16(11-13)21-9-2-8-20-15/h3-4,11,14H,1-2,5-10,12,17H2. The van der Waals surface area contributed by atoms with Crippen LogP contribution in [0.4, 0.5) is 0 Å². The highest BCUT2D eigenvalue weighted by Gasteiger charge is 2.17. The number of nitrogens with zero attached hydrogens (tertiary/aromatic N) is 1. The van der Waals surface area contributed by atoms with Gasteiger partial charge < -0.3 is 19.9 Å². The molecule has 3 rings (SSSR count). The fourth-order valence-electron chi connectivity index (χ4n) is 2.77. The Balaban J connectivity index is 1.66. The van der Waals surface area contributed by atoms with Crippen molar-refractivity contribution in [2.24, 2.45) is 5.73 Å². The van der Waals surface area contributed by atoms with Gasteiger partial charge in [-0.2, -0.15) is 0 Å². The quantitative estimate of drug-likeness (QED) is 0.916. The average molecular weight is 292 g/mol. The Bertz CT molecular complexity index is 459. The summed E-state index contributed by atoms with van der Waals surface area (Å²) in [4.78, 5) is 2.38. The van der Waals surface area contributed by atoms with E-state index in [1.165, 1.54) is 0 Å². The van der Waals surface area contributed by atoms with Crippen molar-refractivity contribution in [2.75, 3.05) is 46.1 Å². The third-order valence-electron chi connectivity index (χ3n) is 3.97. The van der Waals surface area contributed by atoms with Crippen molar-refractivity contribution < 1.29 is 14.2 Å². The van der Waals surface area contributed by atoms with E-state index in [1.54, 1.807) is 0 Å². The van der Waals surface area contributed by atoms with Crippen molar-refractivity contribution in [2.45, 2.75) is 18.9 Å². The molecule has 5 nitrogen and oxygen atoms in total. The minimum Gasteiger partial charge on any atom is -0.490 e. The highest BCUT2D eigenvalue weighted by atomic mass is 16.5. The largest absolute Gasteiger partial charge is 0.490 e. The van der Waals surface area contributed by atoms with Gasteiger partial charge in [0.15, 0.2) is 11.5 Å². The molecule has 0 aliphatic carbocycles. The monoisotopic (exact) mass is 292 g/mol. The van der Waals surface area contributed by atoms with Crippen LogP contribution in [-0.4, -0.2) is 51.0 Å². The molecule has 2 aliphatic rings. The van der Waals surface area contributed by atoms with E-state index in [0.717, 1.165) is 62.8 Å². The summed E-state index contributed by atoms with van der Waals surface area (Å²) in [6.45, 7) is 5.93. The third kappa shape index (κ3) is 3.87. The first kappa shape index (κ1) is 14.6. The molecule has 1 fully saturated rings. The summed E-state index contributed by atoms with van der Waals surface area (Å²) in [5.41, 5.74) is 7.47. The smallest absolute Gasteiger partial charge is 0.161 e. The second-order valence-electron chi connectivity index (χ2n) is 5.63. The Labute approximate surface area is 126 Å². The van der Waals surface area contributed by atoms with E-state index in [-0.39, 0.29) is 6.04 Å². The summed E-state index contributed by atoms with van der Waals surface area (Å²) in [5, 5.41) is 0. The Kier molecular flexibility index (Phi) is 4.95. The van der Waals surface area contributed by atoms with Gasteiger partial charge >= 0.3 is 0 Å². The predicted octanol–water partition coefficient (Wildman–Crippen LogP) is 1.57. The molecule has 0 saturated carbocycles. The lowest BCUT2D eigenvalue weighted by Crippen LogP contribution is -2.34. The normalized spacial score (nSPS) is 21.4. The van der Waals surface area contributed by atoms with E-state index >= 15 is 0 Å². The predicted molar refractivity (Wildman–Crippen MR) is 80.9 cm³/mol. The van der Waals surface area contributed by atoms with Crippen LogP contribution >= 0.6 is 0 Å². The van der Waals surface area contributed by atoms with Gasteiger partial charge in [0.05, 0.1) is 19.8 Å². The molecule has 1 saturated heterocycles. The SMILES string of the molecule is NC(CN1CCCOCC1)c1ccc2c(c1)OCCCO2. The van der Waals surface area contributed by atoms with Crippen molar-refractivity contribution in [3.05, 3.63) is 23.8 Å². The summed E-state index contributed by atoms with van der Waals surface area (Å²) in [5.74, 6) is 1.64. The highest BCUT2D eigenvalue weighted by Crippen LogP contribution is 2.32. The molecule has 5 heteroatoms. The lowest BCUT2D eigenvalue weighted by Gasteiger charge is -2.24. The molecule has 0 radical (unpaired) electrons. The number of ether oxygens (including phenoxy) is 3. The van der Waals surface area contributed by atoms with Crippen LogP contribution in [0.5, 0.6) is 11.5 Å². The van der Waals surface area contributed by atoms with E-state index in [4.69, 9.17) is 19.9 Å². The van der Waals surface area contributed by atoms with E-state index in [1.807, 2.05) is 18.2 Å². The fraction of sp³-hybridized carbons (Fsp3) is 0.625. The second-order valence-corrected chi connectivity index (χ2v) is 5.63. The Morgan fingerprint density at radius 1 is 1.00 bits per heavy atom. The first-order valence-electron chi connectivity index (χ1n) is 7.78. The van der Waals surface area contributed by atoms with Gasteiger partial charge in [-0.05, 0) is 24.1 Å². The van der Waals surface area contributed by atoms with Crippen LogP contribution in [0.2, 0.25) is 0 Å². The minimum atomic E-state index is -0.0137. The van der Waals surface area contributed by atoms with Crippen molar-refractivity contribution >= 4 is 0 Å².